The van der Waals surface area contributed by atoms with Gasteiger partial charge in [0.1, 0.15) is 0 Å². The monoisotopic (exact) mass is 267 g/mol. The number of carbonyl (C=O) groups is 1. The van der Waals surface area contributed by atoms with Crippen molar-refractivity contribution < 1.29 is 4.79 Å². The molecule has 1 N–H and O–H groups in total. The van der Waals surface area contributed by atoms with E-state index in [1.807, 2.05) is 44.2 Å². The predicted octanol–water partition coefficient (Wildman–Crippen LogP) is 3.74. The fraction of sp³-hybridized carbons (Fsp3) is 0.250. The maximum Gasteiger partial charge on any atom is 0.251 e. The molecule has 0 aliphatic carbocycles. The number of carbonyl (C=O) groups excluding carboxylic acids is 1. The van der Waals surface area contributed by atoms with Gasteiger partial charge in [-0.25, -0.2) is 0 Å². The average Bonchev–Trinajstić information content (AvgIpc) is 2.21. The third-order valence-corrected chi connectivity index (χ3v) is 2.68. The zero-order valence-electron chi connectivity index (χ0n) is 8.88. The lowest BCUT2D eigenvalue weighted by Gasteiger charge is -2.06. The third kappa shape index (κ3) is 3.51. The van der Waals surface area contributed by atoms with E-state index in [2.05, 4.69) is 21.2 Å². The number of rotatable bonds is 3. The van der Waals surface area contributed by atoms with Crippen molar-refractivity contribution in [2.45, 2.75) is 20.3 Å². The van der Waals surface area contributed by atoms with Crippen LogP contribution in [0.25, 0.3) is 0 Å². The number of benzene rings is 1. The molecule has 0 saturated carbocycles. The Morgan fingerprint density at radius 2 is 2.13 bits per heavy atom. The first kappa shape index (κ1) is 12.0. The molecule has 1 aromatic carbocycles. The van der Waals surface area contributed by atoms with Gasteiger partial charge in [0.05, 0.1) is 5.69 Å². The van der Waals surface area contributed by atoms with Crippen LogP contribution >= 0.6 is 15.9 Å². The van der Waals surface area contributed by atoms with Crippen LogP contribution in [0.2, 0.25) is 0 Å². The van der Waals surface area contributed by atoms with E-state index >= 15 is 0 Å². The van der Waals surface area contributed by atoms with Gasteiger partial charge in [0.15, 0.2) is 0 Å². The van der Waals surface area contributed by atoms with Gasteiger partial charge >= 0.3 is 0 Å². The van der Waals surface area contributed by atoms with Crippen LogP contribution in [0, 0.1) is 0 Å². The molecule has 0 spiro atoms. The molecule has 0 unspecified atom stereocenters. The van der Waals surface area contributed by atoms with Gasteiger partial charge in [-0.3, -0.25) is 4.79 Å². The molecule has 0 saturated heterocycles. The van der Waals surface area contributed by atoms with E-state index in [9.17, 15) is 4.79 Å². The molecule has 80 valence electrons. The van der Waals surface area contributed by atoms with E-state index in [0.717, 1.165) is 22.2 Å². The molecule has 0 bridgehead atoms. The maximum atomic E-state index is 11.7. The summed E-state index contributed by atoms with van der Waals surface area (Å²) in [4.78, 5) is 11.7. The second-order valence-electron chi connectivity index (χ2n) is 3.23. The van der Waals surface area contributed by atoms with E-state index in [0.29, 0.717) is 0 Å². The highest BCUT2D eigenvalue weighted by Crippen LogP contribution is 2.21. The molecule has 1 amide bonds. The van der Waals surface area contributed by atoms with Crippen molar-refractivity contribution in [1.82, 2.24) is 0 Å². The standard InChI is InChI=1S/C12H14BrNO/c1-3-6-9(2)12(15)14-11-8-5-4-7-10(11)13/h4-8H,3H2,1-2H3,(H,14,15)/b9-6+. The second kappa shape index (κ2) is 5.71. The van der Waals surface area contributed by atoms with Gasteiger partial charge in [-0.1, -0.05) is 25.1 Å². The smallest absolute Gasteiger partial charge is 0.251 e. The molecule has 0 fully saturated rings. The molecule has 1 aromatic rings. The summed E-state index contributed by atoms with van der Waals surface area (Å²) in [7, 11) is 0. The van der Waals surface area contributed by atoms with Gasteiger partial charge in [0.2, 0.25) is 0 Å². The van der Waals surface area contributed by atoms with Crippen molar-refractivity contribution in [1.29, 1.82) is 0 Å². The van der Waals surface area contributed by atoms with Gasteiger partial charge in [-0.2, -0.15) is 0 Å². The zero-order valence-corrected chi connectivity index (χ0v) is 10.5. The van der Waals surface area contributed by atoms with Gasteiger partial charge in [0, 0.05) is 10.0 Å². The van der Waals surface area contributed by atoms with Crippen LogP contribution in [0.4, 0.5) is 5.69 Å². The molecule has 3 heteroatoms. The van der Waals surface area contributed by atoms with Crippen LogP contribution in [0.3, 0.4) is 0 Å². The van der Waals surface area contributed by atoms with E-state index in [-0.39, 0.29) is 5.91 Å². The fourth-order valence-electron chi connectivity index (χ4n) is 1.18. The molecule has 0 heterocycles. The lowest BCUT2D eigenvalue weighted by molar-refractivity contribution is -0.112. The summed E-state index contributed by atoms with van der Waals surface area (Å²) >= 11 is 3.38. The van der Waals surface area contributed by atoms with Gasteiger partial charge in [-0.15, -0.1) is 0 Å². The van der Waals surface area contributed by atoms with Crippen molar-refractivity contribution >= 4 is 27.5 Å². The highest BCUT2D eigenvalue weighted by molar-refractivity contribution is 9.10. The van der Waals surface area contributed by atoms with E-state index < -0.39 is 0 Å². The Morgan fingerprint density at radius 3 is 2.73 bits per heavy atom. The van der Waals surface area contributed by atoms with Crippen molar-refractivity contribution in [3.05, 3.63) is 40.4 Å². The van der Waals surface area contributed by atoms with E-state index in [1.54, 1.807) is 0 Å². The molecule has 15 heavy (non-hydrogen) atoms. The minimum atomic E-state index is -0.0521. The number of allylic oxidation sites excluding steroid dienone is 1. The Hall–Kier alpha value is -1.09. The number of hydrogen-bond donors (Lipinski definition) is 1. The predicted molar refractivity (Wildman–Crippen MR) is 66.8 cm³/mol. The Balaban J connectivity index is 2.75. The van der Waals surface area contributed by atoms with Crippen LogP contribution in [0.5, 0.6) is 0 Å². The highest BCUT2D eigenvalue weighted by Gasteiger charge is 2.05. The van der Waals surface area contributed by atoms with Crippen LogP contribution in [-0.2, 0) is 4.79 Å². The molecule has 0 aliphatic heterocycles. The number of nitrogens with one attached hydrogen (secondary N) is 1. The molecule has 0 atom stereocenters. The van der Waals surface area contributed by atoms with Gasteiger partial charge < -0.3 is 5.32 Å². The second-order valence-corrected chi connectivity index (χ2v) is 4.08. The first-order chi connectivity index (χ1) is 7.15. The molecular formula is C12H14BrNO. The summed E-state index contributed by atoms with van der Waals surface area (Å²) in [6.45, 7) is 3.82. The minimum absolute atomic E-state index is 0.0521. The van der Waals surface area contributed by atoms with Crippen molar-refractivity contribution in [2.75, 3.05) is 5.32 Å². The molecule has 0 aromatic heterocycles. The third-order valence-electron chi connectivity index (χ3n) is 1.99. The summed E-state index contributed by atoms with van der Waals surface area (Å²) < 4.78 is 0.891. The van der Waals surface area contributed by atoms with Crippen molar-refractivity contribution in [2.24, 2.45) is 0 Å². The lowest BCUT2D eigenvalue weighted by atomic mass is 10.2. The van der Waals surface area contributed by atoms with Crippen LogP contribution in [-0.4, -0.2) is 5.91 Å². The van der Waals surface area contributed by atoms with Gasteiger partial charge in [0.25, 0.3) is 5.91 Å². The van der Waals surface area contributed by atoms with Crippen LogP contribution in [0.15, 0.2) is 40.4 Å². The Kier molecular flexibility index (Phi) is 4.56. The quantitative estimate of drug-likeness (QED) is 0.831. The minimum Gasteiger partial charge on any atom is -0.321 e. The van der Waals surface area contributed by atoms with Crippen molar-refractivity contribution in [3.63, 3.8) is 0 Å². The normalized spacial score (nSPS) is 11.3. The summed E-state index contributed by atoms with van der Waals surface area (Å²) in [5.41, 5.74) is 1.54. The summed E-state index contributed by atoms with van der Waals surface area (Å²) in [5.74, 6) is -0.0521. The van der Waals surface area contributed by atoms with Crippen LogP contribution in [0.1, 0.15) is 20.3 Å². The van der Waals surface area contributed by atoms with Gasteiger partial charge in [-0.05, 0) is 41.4 Å². The van der Waals surface area contributed by atoms with E-state index in [1.165, 1.54) is 0 Å². The summed E-state index contributed by atoms with van der Waals surface area (Å²) in [6.07, 6.45) is 2.78. The molecule has 0 radical (unpaired) electrons. The number of hydrogen-bond acceptors (Lipinski definition) is 1. The molecule has 2 nitrogen and oxygen atoms in total. The Bertz CT molecular complexity index is 385. The number of anilines is 1. The zero-order chi connectivity index (χ0) is 11.3. The van der Waals surface area contributed by atoms with Crippen LogP contribution < -0.4 is 5.32 Å². The highest BCUT2D eigenvalue weighted by atomic mass is 79.9. The lowest BCUT2D eigenvalue weighted by Crippen LogP contribution is -2.12. The number of halogens is 1. The number of amides is 1. The first-order valence-electron chi connectivity index (χ1n) is 4.87. The van der Waals surface area contributed by atoms with Crippen molar-refractivity contribution in [3.8, 4) is 0 Å². The Morgan fingerprint density at radius 1 is 1.47 bits per heavy atom. The topological polar surface area (TPSA) is 29.1 Å². The summed E-state index contributed by atoms with van der Waals surface area (Å²) in [6, 6.07) is 7.56. The fourth-order valence-corrected chi connectivity index (χ4v) is 1.57. The largest absolute Gasteiger partial charge is 0.321 e. The Labute approximate surface area is 98.5 Å². The van der Waals surface area contributed by atoms with E-state index in [4.69, 9.17) is 0 Å². The average molecular weight is 268 g/mol. The molecule has 0 aliphatic rings. The first-order valence-corrected chi connectivity index (χ1v) is 5.67. The SMILES string of the molecule is CC/C=C(\C)C(=O)Nc1ccccc1Br. The molecular weight excluding hydrogens is 254 g/mol. The summed E-state index contributed by atoms with van der Waals surface area (Å²) in [5, 5.41) is 2.84. The number of para-hydroxylation sites is 1. The molecule has 1 rings (SSSR count). The maximum absolute atomic E-state index is 11.7.